The van der Waals surface area contributed by atoms with Crippen molar-refractivity contribution in [2.75, 3.05) is 0 Å². The summed E-state index contributed by atoms with van der Waals surface area (Å²) in [6.45, 7) is 0.457. The molecule has 4 nitrogen and oxygen atoms in total. The summed E-state index contributed by atoms with van der Waals surface area (Å²) in [5, 5.41) is 0.192. The third-order valence-corrected chi connectivity index (χ3v) is 5.93. The standard InChI is InChI=1S/C24H17ClFNO3S/c25-21-4-2-1-3-18(21)14-27-23(28)22(31-24(27)29)13-16-7-11-20(12-8-16)30-15-17-5-9-19(26)10-6-17/h1-13H,14-15H2/b22-13-. The monoisotopic (exact) mass is 453 g/mol. The Morgan fingerprint density at radius 1 is 0.968 bits per heavy atom. The summed E-state index contributed by atoms with van der Waals surface area (Å²) in [4.78, 5) is 26.6. The van der Waals surface area contributed by atoms with Crippen molar-refractivity contribution < 1.29 is 18.7 Å². The fraction of sp³-hybridized carbons (Fsp3) is 0.0833. The van der Waals surface area contributed by atoms with Crippen molar-refractivity contribution in [3.8, 4) is 5.75 Å². The van der Waals surface area contributed by atoms with Crippen LogP contribution >= 0.6 is 23.4 Å². The number of benzene rings is 3. The second kappa shape index (κ2) is 9.37. The van der Waals surface area contributed by atoms with E-state index < -0.39 is 0 Å². The molecule has 3 aromatic rings. The smallest absolute Gasteiger partial charge is 0.293 e. The molecule has 2 amide bonds. The highest BCUT2D eigenvalue weighted by atomic mass is 35.5. The van der Waals surface area contributed by atoms with Crippen LogP contribution in [0.4, 0.5) is 9.18 Å². The molecule has 31 heavy (non-hydrogen) atoms. The molecule has 0 spiro atoms. The van der Waals surface area contributed by atoms with Crippen molar-refractivity contribution in [3.05, 3.63) is 105 Å². The first-order valence-electron chi connectivity index (χ1n) is 9.46. The molecular formula is C24H17ClFNO3S. The van der Waals surface area contributed by atoms with E-state index in [1.165, 1.54) is 17.0 Å². The van der Waals surface area contributed by atoms with Gasteiger partial charge in [-0.3, -0.25) is 14.5 Å². The number of carbonyl (C=O) groups is 2. The molecule has 1 aliphatic rings. The number of nitrogens with zero attached hydrogens (tertiary/aromatic N) is 1. The zero-order valence-corrected chi connectivity index (χ0v) is 17.8. The third kappa shape index (κ3) is 5.16. The van der Waals surface area contributed by atoms with E-state index in [1.807, 2.05) is 18.2 Å². The van der Waals surface area contributed by atoms with E-state index in [1.54, 1.807) is 48.5 Å². The number of halogens is 2. The minimum absolute atomic E-state index is 0.137. The van der Waals surface area contributed by atoms with Gasteiger partial charge in [0, 0.05) is 5.02 Å². The maximum Gasteiger partial charge on any atom is 0.293 e. The topological polar surface area (TPSA) is 46.6 Å². The molecule has 1 heterocycles. The molecule has 1 saturated heterocycles. The fourth-order valence-electron chi connectivity index (χ4n) is 2.99. The fourth-order valence-corrected chi connectivity index (χ4v) is 4.03. The highest BCUT2D eigenvalue weighted by Gasteiger charge is 2.35. The molecule has 156 valence electrons. The molecule has 0 aliphatic carbocycles. The molecule has 1 aliphatic heterocycles. The maximum atomic E-state index is 13.0. The van der Waals surface area contributed by atoms with Gasteiger partial charge in [0.25, 0.3) is 11.1 Å². The molecular weight excluding hydrogens is 437 g/mol. The first kappa shape index (κ1) is 21.2. The first-order chi connectivity index (χ1) is 15.0. The summed E-state index contributed by atoms with van der Waals surface area (Å²) in [7, 11) is 0. The SMILES string of the molecule is O=C1S/C(=C\c2ccc(OCc3ccc(F)cc3)cc2)C(=O)N1Cc1ccccc1Cl. The molecule has 0 aromatic heterocycles. The van der Waals surface area contributed by atoms with E-state index in [2.05, 4.69) is 0 Å². The Labute approximate surface area is 188 Å². The molecule has 3 aromatic carbocycles. The van der Waals surface area contributed by atoms with Gasteiger partial charge in [-0.25, -0.2) is 4.39 Å². The van der Waals surface area contributed by atoms with Crippen LogP contribution in [0.3, 0.4) is 0 Å². The van der Waals surface area contributed by atoms with E-state index in [4.69, 9.17) is 16.3 Å². The Hall–Kier alpha value is -3.09. The van der Waals surface area contributed by atoms with E-state index in [-0.39, 0.29) is 23.5 Å². The molecule has 1 fully saturated rings. The summed E-state index contributed by atoms with van der Waals surface area (Å²) in [5.74, 6) is 0.0178. The summed E-state index contributed by atoms with van der Waals surface area (Å²) in [6, 6.07) is 20.4. The lowest BCUT2D eigenvalue weighted by molar-refractivity contribution is -0.123. The number of rotatable bonds is 6. The molecule has 0 atom stereocenters. The van der Waals surface area contributed by atoms with Crippen molar-refractivity contribution in [1.29, 1.82) is 0 Å². The van der Waals surface area contributed by atoms with Crippen LogP contribution in [0.15, 0.2) is 77.7 Å². The summed E-state index contributed by atoms with van der Waals surface area (Å²) < 4.78 is 18.7. The molecule has 7 heteroatoms. The van der Waals surface area contributed by atoms with Crippen molar-refractivity contribution in [3.63, 3.8) is 0 Å². The normalized spacial score (nSPS) is 15.0. The van der Waals surface area contributed by atoms with Crippen LogP contribution in [0.2, 0.25) is 5.02 Å². The second-order valence-corrected chi connectivity index (χ2v) is 8.24. The minimum Gasteiger partial charge on any atom is -0.489 e. The average molecular weight is 454 g/mol. The average Bonchev–Trinajstić information content (AvgIpc) is 3.03. The van der Waals surface area contributed by atoms with Crippen LogP contribution in [0, 0.1) is 5.82 Å². The molecule has 0 unspecified atom stereocenters. The van der Waals surface area contributed by atoms with E-state index in [0.717, 1.165) is 28.5 Å². The Kier molecular flexibility index (Phi) is 6.39. The summed E-state index contributed by atoms with van der Waals surface area (Å²) >= 11 is 7.06. The molecule has 0 radical (unpaired) electrons. The highest BCUT2D eigenvalue weighted by molar-refractivity contribution is 8.18. The van der Waals surface area contributed by atoms with Gasteiger partial charge in [0.05, 0.1) is 11.4 Å². The zero-order chi connectivity index (χ0) is 21.8. The van der Waals surface area contributed by atoms with Gasteiger partial charge in [-0.1, -0.05) is 54.1 Å². The number of hydrogen-bond donors (Lipinski definition) is 0. The van der Waals surface area contributed by atoms with Crippen LogP contribution in [0.1, 0.15) is 16.7 Å². The van der Waals surface area contributed by atoms with Gasteiger partial charge >= 0.3 is 0 Å². The van der Waals surface area contributed by atoms with Gasteiger partial charge in [0.15, 0.2) is 0 Å². The van der Waals surface area contributed by atoms with Gasteiger partial charge in [0.2, 0.25) is 0 Å². The van der Waals surface area contributed by atoms with Gasteiger partial charge in [0.1, 0.15) is 18.2 Å². The van der Waals surface area contributed by atoms with Crippen molar-refractivity contribution >= 4 is 40.6 Å². The van der Waals surface area contributed by atoms with E-state index in [9.17, 15) is 14.0 Å². The van der Waals surface area contributed by atoms with Crippen LogP contribution in [-0.2, 0) is 17.9 Å². The number of carbonyl (C=O) groups excluding carboxylic acids is 2. The first-order valence-corrected chi connectivity index (χ1v) is 10.6. The Bertz CT molecular complexity index is 1150. The van der Waals surface area contributed by atoms with Crippen molar-refractivity contribution in [1.82, 2.24) is 4.90 Å². The van der Waals surface area contributed by atoms with Crippen LogP contribution < -0.4 is 4.74 Å². The third-order valence-electron chi connectivity index (χ3n) is 4.66. The van der Waals surface area contributed by atoms with Crippen LogP contribution in [0.5, 0.6) is 5.75 Å². The predicted molar refractivity (Wildman–Crippen MR) is 120 cm³/mol. The lowest BCUT2D eigenvalue weighted by Crippen LogP contribution is -2.27. The van der Waals surface area contributed by atoms with Gasteiger partial charge in [-0.05, 0) is 64.9 Å². The zero-order valence-electron chi connectivity index (χ0n) is 16.3. The van der Waals surface area contributed by atoms with Crippen LogP contribution in [-0.4, -0.2) is 16.0 Å². The Morgan fingerprint density at radius 3 is 2.39 bits per heavy atom. The van der Waals surface area contributed by atoms with E-state index in [0.29, 0.717) is 22.3 Å². The summed E-state index contributed by atoms with van der Waals surface area (Å²) in [5.41, 5.74) is 2.35. The minimum atomic E-state index is -0.341. The van der Waals surface area contributed by atoms with Gasteiger partial charge in [-0.15, -0.1) is 0 Å². The number of thioether (sulfide) groups is 1. The molecule has 0 bridgehead atoms. The second-order valence-electron chi connectivity index (χ2n) is 6.84. The number of hydrogen-bond acceptors (Lipinski definition) is 4. The maximum absolute atomic E-state index is 13.0. The molecule has 0 saturated carbocycles. The van der Waals surface area contributed by atoms with Gasteiger partial charge in [-0.2, -0.15) is 0 Å². The number of amides is 2. The largest absolute Gasteiger partial charge is 0.489 e. The van der Waals surface area contributed by atoms with Crippen LogP contribution in [0.25, 0.3) is 6.08 Å². The number of imide groups is 1. The predicted octanol–water partition coefficient (Wildman–Crippen LogP) is 6.29. The van der Waals surface area contributed by atoms with Gasteiger partial charge < -0.3 is 4.74 Å². The van der Waals surface area contributed by atoms with Crippen molar-refractivity contribution in [2.45, 2.75) is 13.2 Å². The Balaban J connectivity index is 1.41. The summed E-state index contributed by atoms with van der Waals surface area (Å²) in [6.07, 6.45) is 1.68. The Morgan fingerprint density at radius 2 is 1.68 bits per heavy atom. The number of ether oxygens (including phenoxy) is 1. The molecule has 4 rings (SSSR count). The van der Waals surface area contributed by atoms with Crippen molar-refractivity contribution in [2.24, 2.45) is 0 Å². The molecule has 0 N–H and O–H groups in total. The lowest BCUT2D eigenvalue weighted by Gasteiger charge is -2.13. The lowest BCUT2D eigenvalue weighted by atomic mass is 10.2. The quantitative estimate of drug-likeness (QED) is 0.411. The highest BCUT2D eigenvalue weighted by Crippen LogP contribution is 2.34. The van der Waals surface area contributed by atoms with E-state index >= 15 is 0 Å².